The molecule has 9 heteroatoms. The molecule has 3 N–H and O–H groups in total. The number of halogens is 1. The SMILES string of the molecule is CCc1csc([C@H](Cc2ccc(NS(=O)(=O)O)cc2)NCCc2cccc(F)c2)n1. The van der Waals surface area contributed by atoms with Crippen molar-refractivity contribution in [3.05, 3.63) is 81.6 Å². The van der Waals surface area contributed by atoms with Gasteiger partial charge in [0, 0.05) is 5.38 Å². The first-order valence-electron chi connectivity index (χ1n) is 9.58. The quantitative estimate of drug-likeness (QED) is 0.404. The fourth-order valence-electron chi connectivity index (χ4n) is 3.07. The van der Waals surface area contributed by atoms with Crippen molar-refractivity contribution in [2.75, 3.05) is 11.3 Å². The van der Waals surface area contributed by atoms with Crippen molar-refractivity contribution < 1.29 is 17.4 Å². The molecule has 0 saturated heterocycles. The highest BCUT2D eigenvalue weighted by Crippen LogP contribution is 2.24. The van der Waals surface area contributed by atoms with Crippen LogP contribution in [0.3, 0.4) is 0 Å². The molecule has 3 aromatic rings. The van der Waals surface area contributed by atoms with Gasteiger partial charge in [0.15, 0.2) is 0 Å². The number of benzene rings is 2. The Kier molecular flexibility index (Phi) is 7.54. The Morgan fingerprint density at radius 3 is 2.57 bits per heavy atom. The van der Waals surface area contributed by atoms with E-state index in [-0.39, 0.29) is 11.9 Å². The second-order valence-corrected chi connectivity index (χ2v) is 8.94. The average molecular weight is 450 g/mol. The van der Waals surface area contributed by atoms with Crippen molar-refractivity contribution in [1.29, 1.82) is 0 Å². The standard InChI is InChI=1S/C21H24FN3O3S2/c1-2-18-14-29-21(24-18)20(23-11-10-15-4-3-5-17(22)12-15)13-16-6-8-19(9-7-16)25-30(26,27)28/h3-9,12,14,20,23,25H,2,10-11,13H2,1H3,(H,26,27,28)/t20-/m0/s1. The molecule has 1 heterocycles. The summed E-state index contributed by atoms with van der Waals surface area (Å²) in [6, 6.07) is 13.4. The number of aryl methyl sites for hydroxylation is 1. The van der Waals surface area contributed by atoms with Gasteiger partial charge in [-0.25, -0.2) is 9.37 Å². The molecule has 1 aromatic heterocycles. The van der Waals surface area contributed by atoms with Gasteiger partial charge in [0.1, 0.15) is 10.8 Å². The largest absolute Gasteiger partial charge is 0.357 e. The summed E-state index contributed by atoms with van der Waals surface area (Å²) in [5.41, 5.74) is 3.25. The number of nitrogens with zero attached hydrogens (tertiary/aromatic N) is 1. The maximum atomic E-state index is 13.4. The summed E-state index contributed by atoms with van der Waals surface area (Å²) in [5, 5.41) is 6.55. The topological polar surface area (TPSA) is 91.3 Å². The smallest absolute Gasteiger partial charge is 0.307 e. The van der Waals surface area contributed by atoms with Crippen LogP contribution in [0.5, 0.6) is 0 Å². The van der Waals surface area contributed by atoms with Crippen molar-refractivity contribution in [2.24, 2.45) is 0 Å². The second kappa shape index (κ2) is 10.1. The number of anilines is 1. The van der Waals surface area contributed by atoms with Crippen LogP contribution in [0.15, 0.2) is 53.9 Å². The fourth-order valence-corrected chi connectivity index (χ4v) is 4.48. The average Bonchev–Trinajstić information content (AvgIpc) is 3.17. The van der Waals surface area contributed by atoms with Crippen LogP contribution >= 0.6 is 11.3 Å². The molecule has 0 bridgehead atoms. The predicted molar refractivity (Wildman–Crippen MR) is 118 cm³/mol. The summed E-state index contributed by atoms with van der Waals surface area (Å²) in [4.78, 5) is 4.70. The van der Waals surface area contributed by atoms with Gasteiger partial charge < -0.3 is 5.32 Å². The molecule has 0 spiro atoms. The monoisotopic (exact) mass is 449 g/mol. The van der Waals surface area contributed by atoms with Crippen LogP contribution in [-0.4, -0.2) is 24.5 Å². The number of hydrogen-bond acceptors (Lipinski definition) is 5. The van der Waals surface area contributed by atoms with E-state index in [1.807, 2.05) is 22.9 Å². The van der Waals surface area contributed by atoms with Gasteiger partial charge in [-0.2, -0.15) is 8.42 Å². The van der Waals surface area contributed by atoms with Gasteiger partial charge in [-0.05, 0) is 61.2 Å². The Labute approximate surface area is 180 Å². The molecule has 0 fully saturated rings. The summed E-state index contributed by atoms with van der Waals surface area (Å²) in [6.45, 7) is 2.73. The van der Waals surface area contributed by atoms with Crippen LogP contribution in [0.4, 0.5) is 10.1 Å². The molecule has 0 radical (unpaired) electrons. The normalized spacial score (nSPS) is 12.6. The maximum Gasteiger partial charge on any atom is 0.357 e. The molecule has 0 saturated carbocycles. The Morgan fingerprint density at radius 2 is 1.93 bits per heavy atom. The summed E-state index contributed by atoms with van der Waals surface area (Å²) < 4.78 is 46.2. The molecule has 0 aliphatic heterocycles. The third-order valence-electron chi connectivity index (χ3n) is 4.56. The minimum Gasteiger partial charge on any atom is -0.307 e. The minimum atomic E-state index is -4.30. The Hall–Kier alpha value is -2.33. The Balaban J connectivity index is 1.69. The second-order valence-electron chi connectivity index (χ2n) is 6.90. The van der Waals surface area contributed by atoms with Crippen molar-refractivity contribution in [1.82, 2.24) is 10.3 Å². The molecular weight excluding hydrogens is 425 g/mol. The predicted octanol–water partition coefficient (Wildman–Crippen LogP) is 4.18. The number of rotatable bonds is 10. The molecule has 3 rings (SSSR count). The van der Waals surface area contributed by atoms with Gasteiger partial charge >= 0.3 is 10.3 Å². The zero-order chi connectivity index (χ0) is 21.6. The summed E-state index contributed by atoms with van der Waals surface area (Å²) >= 11 is 1.60. The van der Waals surface area contributed by atoms with Crippen LogP contribution in [0, 0.1) is 5.82 Å². The van der Waals surface area contributed by atoms with Crippen molar-refractivity contribution in [3.8, 4) is 0 Å². The van der Waals surface area contributed by atoms with E-state index in [1.54, 1.807) is 29.5 Å². The van der Waals surface area contributed by atoms with Gasteiger partial charge in [-0.3, -0.25) is 9.27 Å². The zero-order valence-corrected chi connectivity index (χ0v) is 18.1. The van der Waals surface area contributed by atoms with E-state index in [4.69, 9.17) is 9.54 Å². The third kappa shape index (κ3) is 6.88. The summed E-state index contributed by atoms with van der Waals surface area (Å²) in [6.07, 6.45) is 2.21. The first kappa shape index (κ1) is 22.4. The van der Waals surface area contributed by atoms with E-state index >= 15 is 0 Å². The van der Waals surface area contributed by atoms with E-state index in [2.05, 4.69) is 17.6 Å². The highest BCUT2D eigenvalue weighted by atomic mass is 32.2. The van der Waals surface area contributed by atoms with E-state index in [9.17, 15) is 12.8 Å². The summed E-state index contributed by atoms with van der Waals surface area (Å²) in [5.74, 6) is -0.241. The Morgan fingerprint density at radius 1 is 1.17 bits per heavy atom. The number of aromatic nitrogens is 1. The van der Waals surface area contributed by atoms with Gasteiger partial charge in [0.2, 0.25) is 0 Å². The summed E-state index contributed by atoms with van der Waals surface area (Å²) in [7, 11) is -4.30. The highest BCUT2D eigenvalue weighted by Gasteiger charge is 2.16. The van der Waals surface area contributed by atoms with Gasteiger partial charge in [-0.15, -0.1) is 11.3 Å². The fraction of sp³-hybridized carbons (Fsp3) is 0.286. The lowest BCUT2D eigenvalue weighted by atomic mass is 10.1. The van der Waals surface area contributed by atoms with Gasteiger partial charge in [-0.1, -0.05) is 31.2 Å². The third-order valence-corrected chi connectivity index (χ3v) is 6.06. The van der Waals surface area contributed by atoms with E-state index in [0.29, 0.717) is 25.1 Å². The molecule has 0 unspecified atom stereocenters. The molecule has 2 aromatic carbocycles. The zero-order valence-electron chi connectivity index (χ0n) is 16.5. The van der Waals surface area contributed by atoms with Crippen LogP contribution in [0.25, 0.3) is 0 Å². The first-order chi connectivity index (χ1) is 14.3. The van der Waals surface area contributed by atoms with Gasteiger partial charge in [0.25, 0.3) is 0 Å². The molecular formula is C21H24FN3O3S2. The highest BCUT2D eigenvalue weighted by molar-refractivity contribution is 7.87. The molecule has 1 atom stereocenters. The number of thiazole rings is 1. The molecule has 0 aliphatic carbocycles. The minimum absolute atomic E-state index is 0.0238. The molecule has 0 amide bonds. The maximum absolute atomic E-state index is 13.4. The van der Waals surface area contributed by atoms with Crippen molar-refractivity contribution >= 4 is 27.3 Å². The lowest BCUT2D eigenvalue weighted by Gasteiger charge is -2.17. The lowest BCUT2D eigenvalue weighted by molar-refractivity contribution is 0.489. The number of nitrogens with one attached hydrogen (secondary N) is 2. The van der Waals surface area contributed by atoms with Crippen LogP contribution in [0.1, 0.15) is 34.8 Å². The van der Waals surface area contributed by atoms with E-state index < -0.39 is 10.3 Å². The van der Waals surface area contributed by atoms with Crippen molar-refractivity contribution in [3.63, 3.8) is 0 Å². The number of hydrogen-bond donors (Lipinski definition) is 3. The molecule has 30 heavy (non-hydrogen) atoms. The van der Waals surface area contributed by atoms with Crippen LogP contribution in [0.2, 0.25) is 0 Å². The lowest BCUT2D eigenvalue weighted by Crippen LogP contribution is -2.25. The molecule has 160 valence electrons. The van der Waals surface area contributed by atoms with Crippen LogP contribution < -0.4 is 10.0 Å². The van der Waals surface area contributed by atoms with Gasteiger partial charge in [0.05, 0.1) is 17.4 Å². The van der Waals surface area contributed by atoms with E-state index in [0.717, 1.165) is 28.2 Å². The first-order valence-corrected chi connectivity index (χ1v) is 11.9. The molecule has 0 aliphatic rings. The van der Waals surface area contributed by atoms with E-state index in [1.165, 1.54) is 12.1 Å². The Bertz CT molecular complexity index is 1070. The molecule has 6 nitrogen and oxygen atoms in total. The van der Waals surface area contributed by atoms with Crippen LogP contribution in [-0.2, 0) is 29.6 Å². The van der Waals surface area contributed by atoms with Crippen molar-refractivity contribution in [2.45, 2.75) is 32.2 Å².